The van der Waals surface area contributed by atoms with Crippen molar-refractivity contribution in [3.63, 3.8) is 0 Å². The molecule has 2 aromatic rings. The Balaban J connectivity index is 2.34. The van der Waals surface area contributed by atoms with E-state index in [1.165, 1.54) is 6.92 Å². The molecule has 0 fully saturated rings. The Hall–Kier alpha value is -1.15. The molecular weight excluding hydrogens is 312 g/mol. The van der Waals surface area contributed by atoms with Crippen LogP contribution >= 0.6 is 15.9 Å². The molecule has 6 nitrogen and oxygen atoms in total. The molecule has 92 valence electrons. The first kappa shape index (κ1) is 12.3. The lowest BCUT2D eigenvalue weighted by molar-refractivity contribution is 0.376. The molecule has 0 aliphatic heterocycles. The second-order valence-electron chi connectivity index (χ2n) is 3.53. The number of hydrogen-bond acceptors (Lipinski definition) is 6. The lowest BCUT2D eigenvalue weighted by atomic mass is 10.4. The van der Waals surface area contributed by atoms with E-state index >= 15 is 0 Å². The van der Waals surface area contributed by atoms with Gasteiger partial charge in [0.2, 0.25) is 11.7 Å². The van der Waals surface area contributed by atoms with Gasteiger partial charge in [-0.15, -0.1) is 0 Å². The molecular formula is C9H9BrN2O4S. The monoisotopic (exact) mass is 320 g/mol. The fourth-order valence-corrected chi connectivity index (χ4v) is 1.89. The van der Waals surface area contributed by atoms with Gasteiger partial charge in [0.05, 0.1) is 0 Å². The number of furan rings is 1. The Labute approximate surface area is 106 Å². The third-order valence-electron chi connectivity index (χ3n) is 2.23. The van der Waals surface area contributed by atoms with Crippen LogP contribution in [-0.4, -0.2) is 24.8 Å². The summed E-state index contributed by atoms with van der Waals surface area (Å²) in [4.78, 5) is 3.99. The number of halogens is 1. The Morgan fingerprint density at radius 2 is 2.12 bits per heavy atom. The highest BCUT2D eigenvalue weighted by molar-refractivity contribution is 9.10. The van der Waals surface area contributed by atoms with Gasteiger partial charge in [-0.3, -0.25) is 0 Å². The van der Waals surface area contributed by atoms with Crippen LogP contribution in [0.25, 0.3) is 11.6 Å². The van der Waals surface area contributed by atoms with Crippen molar-refractivity contribution >= 4 is 25.8 Å². The van der Waals surface area contributed by atoms with Crippen LogP contribution in [0.1, 0.15) is 18.1 Å². The second-order valence-corrected chi connectivity index (χ2v) is 6.68. The molecule has 1 unspecified atom stereocenters. The summed E-state index contributed by atoms with van der Waals surface area (Å²) < 4.78 is 33.3. The third kappa shape index (κ3) is 2.58. The van der Waals surface area contributed by atoms with Crippen molar-refractivity contribution in [2.75, 3.05) is 6.26 Å². The summed E-state index contributed by atoms with van der Waals surface area (Å²) in [6.07, 6.45) is 1.12. The van der Waals surface area contributed by atoms with Gasteiger partial charge in [0, 0.05) is 6.26 Å². The zero-order valence-corrected chi connectivity index (χ0v) is 11.4. The third-order valence-corrected chi connectivity index (χ3v) is 4.14. The van der Waals surface area contributed by atoms with Crippen molar-refractivity contribution in [1.29, 1.82) is 0 Å². The van der Waals surface area contributed by atoms with E-state index in [0.29, 0.717) is 10.4 Å². The maximum atomic E-state index is 11.3. The van der Waals surface area contributed by atoms with Gasteiger partial charge in [0.25, 0.3) is 0 Å². The Morgan fingerprint density at radius 3 is 2.65 bits per heavy atom. The predicted molar refractivity (Wildman–Crippen MR) is 63.0 cm³/mol. The van der Waals surface area contributed by atoms with Crippen LogP contribution in [0.3, 0.4) is 0 Å². The summed E-state index contributed by atoms with van der Waals surface area (Å²) in [6, 6.07) is 3.34. The summed E-state index contributed by atoms with van der Waals surface area (Å²) in [6.45, 7) is 1.49. The Bertz CT molecular complexity index is 631. The predicted octanol–water partition coefficient (Wildman–Crippen LogP) is 2.20. The van der Waals surface area contributed by atoms with Crippen LogP contribution in [0.2, 0.25) is 0 Å². The first-order valence-electron chi connectivity index (χ1n) is 4.66. The zero-order chi connectivity index (χ0) is 12.6. The quantitative estimate of drug-likeness (QED) is 0.861. The van der Waals surface area contributed by atoms with Crippen LogP contribution in [0.4, 0.5) is 0 Å². The summed E-state index contributed by atoms with van der Waals surface area (Å²) in [5, 5.41) is 2.84. The fraction of sp³-hybridized carbons (Fsp3) is 0.333. The number of rotatable bonds is 3. The molecule has 0 radical (unpaired) electrons. The van der Waals surface area contributed by atoms with Gasteiger partial charge in [-0.25, -0.2) is 8.42 Å². The molecule has 0 spiro atoms. The minimum absolute atomic E-state index is 0.0509. The van der Waals surface area contributed by atoms with Gasteiger partial charge >= 0.3 is 0 Å². The molecule has 0 bridgehead atoms. The molecule has 0 saturated heterocycles. The average Bonchev–Trinajstić information content (AvgIpc) is 2.83. The van der Waals surface area contributed by atoms with E-state index in [1.54, 1.807) is 12.1 Å². The zero-order valence-electron chi connectivity index (χ0n) is 9.05. The smallest absolute Gasteiger partial charge is 0.245 e. The van der Waals surface area contributed by atoms with Crippen LogP contribution in [0, 0.1) is 0 Å². The highest BCUT2D eigenvalue weighted by atomic mass is 79.9. The lowest BCUT2D eigenvalue weighted by Gasteiger charge is -2.01. The van der Waals surface area contributed by atoms with E-state index in [-0.39, 0.29) is 11.7 Å². The average molecular weight is 321 g/mol. The van der Waals surface area contributed by atoms with Crippen molar-refractivity contribution in [3.8, 4) is 11.6 Å². The molecule has 8 heteroatoms. The van der Waals surface area contributed by atoms with Gasteiger partial charge in [0.1, 0.15) is 5.25 Å². The number of aromatic nitrogens is 2. The van der Waals surface area contributed by atoms with E-state index in [2.05, 4.69) is 26.1 Å². The molecule has 2 rings (SSSR count). The standard InChI is InChI=1S/C9H9BrN2O4S/c1-5(17(2,13)14)9-11-8(12-16-9)6-3-4-7(10)15-6/h3-5H,1-2H3. The molecule has 0 saturated carbocycles. The Morgan fingerprint density at radius 1 is 1.41 bits per heavy atom. The second kappa shape index (κ2) is 4.26. The van der Waals surface area contributed by atoms with Gasteiger partial charge in [-0.1, -0.05) is 5.16 Å². The van der Waals surface area contributed by atoms with E-state index in [0.717, 1.165) is 6.26 Å². The first-order chi connectivity index (χ1) is 7.88. The summed E-state index contributed by atoms with van der Waals surface area (Å²) >= 11 is 3.15. The van der Waals surface area contributed by atoms with E-state index in [4.69, 9.17) is 8.94 Å². The number of nitrogens with zero attached hydrogens (tertiary/aromatic N) is 2. The maximum Gasteiger partial charge on any atom is 0.245 e. The molecule has 0 N–H and O–H groups in total. The highest BCUT2D eigenvalue weighted by Gasteiger charge is 2.24. The van der Waals surface area contributed by atoms with E-state index in [1.807, 2.05) is 0 Å². The van der Waals surface area contributed by atoms with E-state index < -0.39 is 15.1 Å². The molecule has 2 aromatic heterocycles. The van der Waals surface area contributed by atoms with Crippen LogP contribution in [0.5, 0.6) is 0 Å². The van der Waals surface area contributed by atoms with Crippen LogP contribution < -0.4 is 0 Å². The fourth-order valence-electron chi connectivity index (χ4n) is 1.12. The minimum atomic E-state index is -3.26. The van der Waals surface area contributed by atoms with Gasteiger partial charge < -0.3 is 8.94 Å². The van der Waals surface area contributed by atoms with Crippen molar-refractivity contribution < 1.29 is 17.4 Å². The molecule has 1 atom stereocenters. The molecule has 17 heavy (non-hydrogen) atoms. The molecule has 0 aliphatic carbocycles. The van der Waals surface area contributed by atoms with Gasteiger partial charge in [-0.05, 0) is 35.0 Å². The summed E-state index contributed by atoms with van der Waals surface area (Å²) in [5.41, 5.74) is 0. The van der Waals surface area contributed by atoms with Crippen molar-refractivity contribution in [2.24, 2.45) is 0 Å². The van der Waals surface area contributed by atoms with Crippen LogP contribution in [0.15, 0.2) is 25.7 Å². The topological polar surface area (TPSA) is 86.2 Å². The van der Waals surface area contributed by atoms with E-state index in [9.17, 15) is 8.42 Å². The molecule has 2 heterocycles. The SMILES string of the molecule is CC(c1nc(-c2ccc(Br)o2)no1)S(C)(=O)=O. The largest absolute Gasteiger partial charge is 0.446 e. The Kier molecular flexibility index (Phi) is 3.09. The van der Waals surface area contributed by atoms with Crippen LogP contribution in [-0.2, 0) is 9.84 Å². The molecule has 0 amide bonds. The lowest BCUT2D eigenvalue weighted by Crippen LogP contribution is -2.07. The minimum Gasteiger partial charge on any atom is -0.446 e. The maximum absolute atomic E-state index is 11.3. The molecule has 0 aromatic carbocycles. The van der Waals surface area contributed by atoms with Crippen molar-refractivity contribution in [3.05, 3.63) is 22.7 Å². The molecule has 0 aliphatic rings. The summed E-state index contributed by atoms with van der Waals surface area (Å²) in [7, 11) is -3.26. The van der Waals surface area contributed by atoms with Crippen molar-refractivity contribution in [1.82, 2.24) is 10.1 Å². The number of sulfone groups is 1. The number of hydrogen-bond donors (Lipinski definition) is 0. The normalized spacial score (nSPS) is 13.8. The van der Waals surface area contributed by atoms with Crippen molar-refractivity contribution in [2.45, 2.75) is 12.2 Å². The first-order valence-corrected chi connectivity index (χ1v) is 7.41. The van der Waals surface area contributed by atoms with Gasteiger partial charge in [-0.2, -0.15) is 4.98 Å². The van der Waals surface area contributed by atoms with Gasteiger partial charge in [0.15, 0.2) is 20.3 Å². The highest BCUT2D eigenvalue weighted by Crippen LogP contribution is 2.25. The summed E-state index contributed by atoms with van der Waals surface area (Å²) in [5.74, 6) is 0.684.